The Morgan fingerprint density at radius 3 is 1.49 bits per heavy atom. The quantitative estimate of drug-likeness (QED) is 0.169. The summed E-state index contributed by atoms with van der Waals surface area (Å²) >= 11 is 0. The van der Waals surface area contributed by atoms with Crippen molar-refractivity contribution in [1.82, 2.24) is 20.0 Å². The minimum Gasteiger partial charge on any atom is -0.476 e. The van der Waals surface area contributed by atoms with E-state index in [4.69, 9.17) is 23.7 Å². The first kappa shape index (κ1) is 50.3. The van der Waals surface area contributed by atoms with Crippen molar-refractivity contribution < 1.29 is 52.4 Å². The topological polar surface area (TPSA) is 162 Å². The number of piperazine rings is 2. The molecule has 2 amide bonds. The standard InChI is InChI=1S/C22H34N2O5.C13H16O4.C9H18N2O2/c1-16-9-8-10-17(18(16)28-22(5,6)19(25)27-7)15-23-11-13-24(14-12-23)20(26)29-21(2,3)4;1-9-6-5-7-10(8-14)11(9)17-13(2,3)12(15)16-4;1-9(2,3)13-8(12)11-6-4-10-5-7-11/h8-10H,11-15H2,1-7H3;5-8H,1-4H3;10H,4-7H2,1-3H3. The van der Waals surface area contributed by atoms with Crippen molar-refractivity contribution in [3.63, 3.8) is 0 Å². The summed E-state index contributed by atoms with van der Waals surface area (Å²) < 4.78 is 31.9. The summed E-state index contributed by atoms with van der Waals surface area (Å²) in [6.07, 6.45) is 0.237. The molecule has 0 spiro atoms. The second kappa shape index (κ2) is 21.9. The minimum absolute atomic E-state index is 0.200. The van der Waals surface area contributed by atoms with E-state index in [2.05, 4.69) is 15.0 Å². The van der Waals surface area contributed by atoms with Crippen LogP contribution in [0.25, 0.3) is 0 Å². The summed E-state index contributed by atoms with van der Waals surface area (Å²) in [6, 6.07) is 11.2. The normalized spacial score (nSPS) is 14.9. The molecule has 2 fully saturated rings. The van der Waals surface area contributed by atoms with Gasteiger partial charge >= 0.3 is 24.1 Å². The number of esters is 2. The lowest BCUT2D eigenvalue weighted by Gasteiger charge is -2.36. The first-order chi connectivity index (χ1) is 27.3. The summed E-state index contributed by atoms with van der Waals surface area (Å²) in [7, 11) is 2.66. The Bertz CT molecular complexity index is 1720. The van der Waals surface area contributed by atoms with E-state index in [-0.39, 0.29) is 17.8 Å². The van der Waals surface area contributed by atoms with Gasteiger partial charge in [-0.25, -0.2) is 19.2 Å². The molecule has 0 radical (unpaired) electrons. The van der Waals surface area contributed by atoms with E-state index < -0.39 is 28.7 Å². The molecule has 2 aromatic rings. The molecule has 2 aliphatic heterocycles. The molecule has 4 rings (SSSR count). The highest BCUT2D eigenvalue weighted by atomic mass is 16.6. The molecule has 0 atom stereocenters. The molecule has 0 saturated carbocycles. The molecule has 2 aliphatic rings. The molecule has 15 heteroatoms. The largest absolute Gasteiger partial charge is 0.476 e. The van der Waals surface area contributed by atoms with Crippen LogP contribution in [0.15, 0.2) is 36.4 Å². The number of para-hydroxylation sites is 2. The number of benzene rings is 2. The average molecular weight is 829 g/mol. The van der Waals surface area contributed by atoms with Crippen molar-refractivity contribution in [1.29, 1.82) is 0 Å². The highest BCUT2D eigenvalue weighted by Crippen LogP contribution is 2.30. The number of hydrogen-bond acceptors (Lipinski definition) is 13. The number of carbonyl (C=O) groups excluding carboxylic acids is 5. The van der Waals surface area contributed by atoms with Gasteiger partial charge in [0, 0.05) is 64.5 Å². The number of hydrogen-bond donors (Lipinski definition) is 1. The molecular weight excluding hydrogens is 761 g/mol. The van der Waals surface area contributed by atoms with Gasteiger partial charge in [-0.05, 0) is 100 Å². The molecule has 0 aliphatic carbocycles. The van der Waals surface area contributed by atoms with E-state index >= 15 is 0 Å². The van der Waals surface area contributed by atoms with E-state index in [0.29, 0.717) is 43.0 Å². The van der Waals surface area contributed by atoms with Gasteiger partial charge in [0.25, 0.3) is 0 Å². The molecule has 0 aromatic heterocycles. The smallest absolute Gasteiger partial charge is 0.410 e. The second-order valence-electron chi connectivity index (χ2n) is 17.3. The molecule has 59 heavy (non-hydrogen) atoms. The number of amides is 2. The lowest BCUT2D eigenvalue weighted by Crippen LogP contribution is -2.49. The maximum absolute atomic E-state index is 12.2. The van der Waals surface area contributed by atoms with Gasteiger partial charge in [-0.1, -0.05) is 30.3 Å². The van der Waals surface area contributed by atoms with E-state index in [1.54, 1.807) is 49.6 Å². The number of rotatable bonds is 9. The Balaban J connectivity index is 0.000000337. The Morgan fingerprint density at radius 2 is 1.05 bits per heavy atom. The average Bonchev–Trinajstić information content (AvgIpc) is 3.16. The molecule has 0 bridgehead atoms. The third kappa shape index (κ3) is 16.7. The van der Waals surface area contributed by atoms with Gasteiger partial charge in [0.05, 0.1) is 19.8 Å². The van der Waals surface area contributed by atoms with Crippen molar-refractivity contribution in [2.45, 2.75) is 112 Å². The number of carbonyl (C=O) groups is 5. The molecule has 2 heterocycles. The van der Waals surface area contributed by atoms with E-state index in [0.717, 1.165) is 56.0 Å². The van der Waals surface area contributed by atoms with Gasteiger partial charge in [-0.2, -0.15) is 0 Å². The zero-order chi connectivity index (χ0) is 44.8. The molecule has 330 valence electrons. The fraction of sp³-hybridized carbons (Fsp3) is 0.614. The van der Waals surface area contributed by atoms with Crippen molar-refractivity contribution in [2.75, 3.05) is 66.6 Å². The summed E-state index contributed by atoms with van der Waals surface area (Å²) in [5.74, 6) is 0.214. The molecule has 1 N–H and O–H groups in total. The predicted molar refractivity (Wildman–Crippen MR) is 225 cm³/mol. The SMILES string of the molecule is CC(C)(C)OC(=O)N1CCNCC1.COC(=O)C(C)(C)Oc1c(C)cccc1C=O.COC(=O)C(C)(C)Oc1c(C)cccc1CN1CCN(C(=O)OC(C)(C)C)CC1. The van der Waals surface area contributed by atoms with E-state index in [1.165, 1.54) is 14.2 Å². The minimum atomic E-state index is -1.13. The van der Waals surface area contributed by atoms with Gasteiger partial charge in [0.1, 0.15) is 22.7 Å². The van der Waals surface area contributed by atoms with Crippen molar-refractivity contribution >= 4 is 30.4 Å². The Labute approximate surface area is 350 Å². The number of nitrogens with zero attached hydrogens (tertiary/aromatic N) is 3. The number of aryl methyl sites for hydroxylation is 2. The van der Waals surface area contributed by atoms with Crippen LogP contribution >= 0.6 is 0 Å². The molecular formula is C44H68N4O11. The third-order valence-corrected chi connectivity index (χ3v) is 8.92. The van der Waals surface area contributed by atoms with Gasteiger partial charge < -0.3 is 43.5 Å². The van der Waals surface area contributed by atoms with Crippen molar-refractivity contribution in [3.05, 3.63) is 58.7 Å². The zero-order valence-corrected chi connectivity index (χ0v) is 37.7. The summed E-state index contributed by atoms with van der Waals surface area (Å²) in [4.78, 5) is 64.0. The van der Waals surface area contributed by atoms with Crippen LogP contribution in [0.1, 0.15) is 96.3 Å². The molecule has 2 aromatic carbocycles. The first-order valence-electron chi connectivity index (χ1n) is 19.9. The van der Waals surface area contributed by atoms with Crippen LogP contribution in [0.5, 0.6) is 11.5 Å². The van der Waals surface area contributed by atoms with Crippen LogP contribution in [-0.2, 0) is 35.1 Å². The molecule has 2 saturated heterocycles. The Kier molecular flexibility index (Phi) is 18.7. The maximum atomic E-state index is 12.2. The van der Waals surface area contributed by atoms with Crippen LogP contribution in [0.2, 0.25) is 0 Å². The Hall–Kier alpha value is -4.89. The zero-order valence-electron chi connectivity index (χ0n) is 37.7. The molecule has 15 nitrogen and oxygen atoms in total. The van der Waals surface area contributed by atoms with Crippen LogP contribution in [-0.4, -0.2) is 134 Å². The van der Waals surface area contributed by atoms with Gasteiger partial charge in [0.15, 0.2) is 17.5 Å². The first-order valence-corrected chi connectivity index (χ1v) is 19.9. The highest BCUT2D eigenvalue weighted by molar-refractivity contribution is 5.82. The van der Waals surface area contributed by atoms with Crippen LogP contribution < -0.4 is 14.8 Å². The van der Waals surface area contributed by atoms with Crippen LogP contribution in [0.3, 0.4) is 0 Å². The van der Waals surface area contributed by atoms with E-state index in [1.807, 2.05) is 79.7 Å². The highest BCUT2D eigenvalue weighted by Gasteiger charge is 2.34. The lowest BCUT2D eigenvalue weighted by molar-refractivity contribution is -0.156. The van der Waals surface area contributed by atoms with Crippen molar-refractivity contribution in [3.8, 4) is 11.5 Å². The predicted octanol–water partition coefficient (Wildman–Crippen LogP) is 6.34. The third-order valence-electron chi connectivity index (χ3n) is 8.92. The fourth-order valence-electron chi connectivity index (χ4n) is 5.81. The summed E-state index contributed by atoms with van der Waals surface area (Å²) in [5, 5.41) is 3.18. The number of ether oxygens (including phenoxy) is 6. The monoisotopic (exact) mass is 828 g/mol. The number of methoxy groups -OCH3 is 2. The van der Waals surface area contributed by atoms with E-state index in [9.17, 15) is 24.0 Å². The van der Waals surface area contributed by atoms with Gasteiger partial charge in [-0.15, -0.1) is 0 Å². The Morgan fingerprint density at radius 1 is 0.627 bits per heavy atom. The van der Waals surface area contributed by atoms with Gasteiger partial charge in [-0.3, -0.25) is 9.69 Å². The molecule has 0 unspecified atom stereocenters. The van der Waals surface area contributed by atoms with Crippen molar-refractivity contribution in [2.24, 2.45) is 0 Å². The lowest BCUT2D eigenvalue weighted by atomic mass is 10.1. The maximum Gasteiger partial charge on any atom is 0.410 e. The summed E-state index contributed by atoms with van der Waals surface area (Å²) in [5.41, 5.74) is 0.105. The van der Waals surface area contributed by atoms with Gasteiger partial charge in [0.2, 0.25) is 0 Å². The number of nitrogens with one attached hydrogen (secondary N) is 1. The number of aldehydes is 1. The second-order valence-corrected chi connectivity index (χ2v) is 17.3. The van der Waals surface area contributed by atoms with Crippen LogP contribution in [0, 0.1) is 13.8 Å². The fourth-order valence-corrected chi connectivity index (χ4v) is 5.81. The van der Waals surface area contributed by atoms with Crippen LogP contribution in [0.4, 0.5) is 9.59 Å². The summed E-state index contributed by atoms with van der Waals surface area (Å²) in [6.45, 7) is 28.2.